The van der Waals surface area contributed by atoms with Crippen LogP contribution in [0.4, 0.5) is 5.95 Å². The molecule has 2 aliphatic rings. The number of aromatic nitrogens is 2. The number of fused-ring (bicyclic) bond motifs is 1. The van der Waals surface area contributed by atoms with Gasteiger partial charge in [0, 0.05) is 37.4 Å². The lowest BCUT2D eigenvalue weighted by Gasteiger charge is -2.28. The summed E-state index contributed by atoms with van der Waals surface area (Å²) in [5, 5.41) is 3.01. The summed E-state index contributed by atoms with van der Waals surface area (Å²) < 4.78 is 0. The van der Waals surface area contributed by atoms with Crippen molar-refractivity contribution in [2.75, 3.05) is 24.5 Å². The monoisotopic (exact) mass is 302 g/mol. The summed E-state index contributed by atoms with van der Waals surface area (Å²) in [5.74, 6) is 1.16. The van der Waals surface area contributed by atoms with E-state index in [2.05, 4.69) is 22.1 Å². The molecule has 1 aliphatic carbocycles. The van der Waals surface area contributed by atoms with Crippen LogP contribution in [0, 0.1) is 5.92 Å². The Hall–Kier alpha value is -1.65. The fourth-order valence-electron chi connectivity index (χ4n) is 3.36. The largest absolute Gasteiger partial charge is 0.356 e. The van der Waals surface area contributed by atoms with Gasteiger partial charge in [0.2, 0.25) is 11.9 Å². The highest BCUT2D eigenvalue weighted by Crippen LogP contribution is 2.26. The lowest BCUT2D eigenvalue weighted by molar-refractivity contribution is -0.125. The van der Waals surface area contributed by atoms with Gasteiger partial charge in [0.25, 0.3) is 0 Å². The molecule has 0 bridgehead atoms. The number of aryl methyl sites for hydroxylation is 1. The van der Waals surface area contributed by atoms with E-state index in [4.69, 9.17) is 4.98 Å². The second kappa shape index (κ2) is 7.07. The van der Waals surface area contributed by atoms with Crippen molar-refractivity contribution in [3.05, 3.63) is 17.5 Å². The molecule has 1 aromatic rings. The Labute approximate surface area is 132 Å². The summed E-state index contributed by atoms with van der Waals surface area (Å²) in [6.07, 6.45) is 9.30. The molecule has 2 heterocycles. The summed E-state index contributed by atoms with van der Waals surface area (Å²) in [5.41, 5.74) is 2.30. The molecule has 0 saturated carbocycles. The van der Waals surface area contributed by atoms with E-state index >= 15 is 0 Å². The third kappa shape index (κ3) is 3.39. The molecule has 5 heteroatoms. The fourth-order valence-corrected chi connectivity index (χ4v) is 3.36. The third-order valence-electron chi connectivity index (χ3n) is 4.70. The van der Waals surface area contributed by atoms with Crippen LogP contribution in [0.1, 0.15) is 50.3 Å². The second-order valence-corrected chi connectivity index (χ2v) is 6.42. The number of anilines is 1. The van der Waals surface area contributed by atoms with Gasteiger partial charge in [-0.15, -0.1) is 0 Å². The topological polar surface area (TPSA) is 58.1 Å². The first kappa shape index (κ1) is 15.3. The summed E-state index contributed by atoms with van der Waals surface area (Å²) >= 11 is 0. The predicted molar refractivity (Wildman–Crippen MR) is 86.9 cm³/mol. The number of hydrogen-bond donors (Lipinski definition) is 1. The van der Waals surface area contributed by atoms with Crippen molar-refractivity contribution in [2.24, 2.45) is 5.92 Å². The first-order chi connectivity index (χ1) is 10.8. The summed E-state index contributed by atoms with van der Waals surface area (Å²) in [7, 11) is 0. The zero-order valence-corrected chi connectivity index (χ0v) is 13.5. The molecular formula is C17H26N4O. The van der Waals surface area contributed by atoms with Crippen LogP contribution >= 0.6 is 0 Å². The normalized spacial score (nSPS) is 21.3. The highest BCUT2D eigenvalue weighted by atomic mass is 16.1. The van der Waals surface area contributed by atoms with E-state index < -0.39 is 0 Å². The number of piperidine rings is 1. The maximum atomic E-state index is 12.1. The van der Waals surface area contributed by atoms with Gasteiger partial charge in [-0.3, -0.25) is 4.79 Å². The zero-order valence-electron chi connectivity index (χ0n) is 13.5. The zero-order chi connectivity index (χ0) is 15.4. The Morgan fingerprint density at radius 3 is 2.95 bits per heavy atom. The van der Waals surface area contributed by atoms with Crippen LogP contribution in [0.2, 0.25) is 0 Å². The molecule has 1 N–H and O–H groups in total. The number of carbonyl (C=O) groups excluding carboxylic acids is 1. The number of nitrogens with zero attached hydrogens (tertiary/aromatic N) is 3. The van der Waals surface area contributed by atoms with E-state index in [0.29, 0.717) is 0 Å². The first-order valence-corrected chi connectivity index (χ1v) is 8.65. The standard InChI is InChI=1S/C17H26N4O/c1-2-8-18-16(22)13-6-7-15-14(11-13)12-19-17(20-15)21-9-4-3-5-10-21/h12-13H,2-11H2,1H3,(H,18,22). The molecule has 1 atom stereocenters. The van der Waals surface area contributed by atoms with Crippen LogP contribution in [0.25, 0.3) is 0 Å². The average molecular weight is 302 g/mol. The SMILES string of the molecule is CCCNC(=O)C1CCc2nc(N3CCCCC3)ncc2C1. The van der Waals surface area contributed by atoms with Crippen LogP contribution < -0.4 is 10.2 Å². The molecule has 0 aromatic carbocycles. The van der Waals surface area contributed by atoms with Crippen LogP contribution in [0.3, 0.4) is 0 Å². The maximum absolute atomic E-state index is 12.1. The van der Waals surface area contributed by atoms with E-state index in [0.717, 1.165) is 62.5 Å². The Morgan fingerprint density at radius 1 is 1.36 bits per heavy atom. The lowest BCUT2D eigenvalue weighted by Crippen LogP contribution is -2.35. The van der Waals surface area contributed by atoms with E-state index in [-0.39, 0.29) is 11.8 Å². The van der Waals surface area contributed by atoms with Crippen LogP contribution in [-0.2, 0) is 17.6 Å². The van der Waals surface area contributed by atoms with Crippen LogP contribution in [0.15, 0.2) is 6.20 Å². The molecule has 120 valence electrons. The van der Waals surface area contributed by atoms with Gasteiger partial charge < -0.3 is 10.2 Å². The van der Waals surface area contributed by atoms with Gasteiger partial charge in [-0.05, 0) is 50.5 Å². The van der Waals surface area contributed by atoms with Crippen molar-refractivity contribution in [3.63, 3.8) is 0 Å². The van der Waals surface area contributed by atoms with Crippen molar-refractivity contribution in [1.82, 2.24) is 15.3 Å². The molecule has 1 unspecified atom stereocenters. The van der Waals surface area contributed by atoms with Crippen molar-refractivity contribution in [2.45, 2.75) is 51.9 Å². The summed E-state index contributed by atoms with van der Waals surface area (Å²) in [6.45, 7) is 4.99. The second-order valence-electron chi connectivity index (χ2n) is 6.42. The average Bonchev–Trinajstić information content (AvgIpc) is 2.59. The third-order valence-corrected chi connectivity index (χ3v) is 4.70. The number of amides is 1. The molecule has 1 amide bonds. The molecule has 0 radical (unpaired) electrons. The molecule has 0 spiro atoms. The summed E-state index contributed by atoms with van der Waals surface area (Å²) in [6, 6.07) is 0. The van der Waals surface area contributed by atoms with E-state index in [1.54, 1.807) is 0 Å². The van der Waals surface area contributed by atoms with Gasteiger partial charge in [0.1, 0.15) is 0 Å². The van der Waals surface area contributed by atoms with Crippen molar-refractivity contribution >= 4 is 11.9 Å². The molecule has 1 aromatic heterocycles. The molecule has 5 nitrogen and oxygen atoms in total. The predicted octanol–water partition coefficient (Wildman–Crippen LogP) is 2.10. The van der Waals surface area contributed by atoms with Crippen molar-refractivity contribution in [3.8, 4) is 0 Å². The first-order valence-electron chi connectivity index (χ1n) is 8.65. The fraction of sp³-hybridized carbons (Fsp3) is 0.706. The number of hydrogen-bond acceptors (Lipinski definition) is 4. The minimum absolute atomic E-state index is 0.0866. The van der Waals surface area contributed by atoms with E-state index in [1.807, 2.05) is 6.20 Å². The number of carbonyl (C=O) groups is 1. The van der Waals surface area contributed by atoms with Crippen molar-refractivity contribution < 1.29 is 4.79 Å². The molecule has 1 fully saturated rings. The van der Waals surface area contributed by atoms with Gasteiger partial charge in [0.05, 0.1) is 0 Å². The highest BCUT2D eigenvalue weighted by molar-refractivity contribution is 5.79. The van der Waals surface area contributed by atoms with E-state index in [1.165, 1.54) is 19.3 Å². The van der Waals surface area contributed by atoms with Gasteiger partial charge >= 0.3 is 0 Å². The van der Waals surface area contributed by atoms with Gasteiger partial charge in [-0.1, -0.05) is 6.92 Å². The summed E-state index contributed by atoms with van der Waals surface area (Å²) in [4.78, 5) is 23.7. The van der Waals surface area contributed by atoms with Gasteiger partial charge in [-0.2, -0.15) is 0 Å². The molecule has 22 heavy (non-hydrogen) atoms. The van der Waals surface area contributed by atoms with Gasteiger partial charge in [-0.25, -0.2) is 9.97 Å². The number of nitrogens with one attached hydrogen (secondary N) is 1. The van der Waals surface area contributed by atoms with Crippen LogP contribution in [0.5, 0.6) is 0 Å². The lowest BCUT2D eigenvalue weighted by atomic mass is 9.86. The molecular weight excluding hydrogens is 276 g/mol. The van der Waals surface area contributed by atoms with Crippen molar-refractivity contribution in [1.29, 1.82) is 0 Å². The Bertz CT molecular complexity index is 525. The Kier molecular flexibility index (Phi) is 4.90. The van der Waals surface area contributed by atoms with Crippen LogP contribution in [-0.4, -0.2) is 35.5 Å². The molecule has 1 aliphatic heterocycles. The van der Waals surface area contributed by atoms with Gasteiger partial charge in [0.15, 0.2) is 0 Å². The number of rotatable bonds is 4. The Morgan fingerprint density at radius 2 is 2.18 bits per heavy atom. The smallest absolute Gasteiger partial charge is 0.225 e. The maximum Gasteiger partial charge on any atom is 0.225 e. The van der Waals surface area contributed by atoms with E-state index in [9.17, 15) is 4.79 Å². The molecule has 3 rings (SSSR count). The Balaban J connectivity index is 1.67. The highest BCUT2D eigenvalue weighted by Gasteiger charge is 2.26. The quantitative estimate of drug-likeness (QED) is 0.925. The minimum Gasteiger partial charge on any atom is -0.356 e. The minimum atomic E-state index is 0.0866. The molecule has 1 saturated heterocycles.